The van der Waals surface area contributed by atoms with Crippen molar-refractivity contribution in [2.45, 2.75) is 25.3 Å². The molecule has 0 aromatic carbocycles. The fourth-order valence-electron chi connectivity index (χ4n) is 3.18. The summed E-state index contributed by atoms with van der Waals surface area (Å²) < 4.78 is 7.09. The largest absolute Gasteiger partial charge is 0.361 e. The first-order valence-corrected chi connectivity index (χ1v) is 8.22. The fourth-order valence-corrected chi connectivity index (χ4v) is 3.18. The Morgan fingerprint density at radius 3 is 2.71 bits per heavy atom. The van der Waals surface area contributed by atoms with Gasteiger partial charge in [-0.25, -0.2) is 0 Å². The maximum atomic E-state index is 5.20. The highest BCUT2D eigenvalue weighted by atomic mass is 16.5. The lowest BCUT2D eigenvalue weighted by Crippen LogP contribution is -2.33. The van der Waals surface area contributed by atoms with E-state index in [9.17, 15) is 0 Å². The summed E-state index contributed by atoms with van der Waals surface area (Å²) in [6, 6.07) is 5.86. The van der Waals surface area contributed by atoms with E-state index in [1.54, 1.807) is 6.20 Å². The number of fused-ring (bicyclic) bond motifs is 1. The summed E-state index contributed by atoms with van der Waals surface area (Å²) in [6.45, 7) is 2.83. The van der Waals surface area contributed by atoms with Crippen LogP contribution in [0.2, 0.25) is 0 Å². The summed E-state index contributed by atoms with van der Waals surface area (Å²) >= 11 is 0. The normalized spacial score (nSPS) is 16.8. The van der Waals surface area contributed by atoms with Gasteiger partial charge in [0.05, 0.1) is 12.7 Å². The molecule has 8 nitrogen and oxygen atoms in total. The van der Waals surface area contributed by atoms with Crippen molar-refractivity contribution in [3.05, 3.63) is 36.0 Å². The lowest BCUT2D eigenvalue weighted by Gasteiger charge is -2.30. The molecule has 0 amide bonds. The summed E-state index contributed by atoms with van der Waals surface area (Å²) in [5.74, 6) is 3.17. The zero-order chi connectivity index (χ0) is 16.5. The Bertz CT molecular complexity index is 803. The number of rotatable bonds is 4. The Morgan fingerprint density at radius 1 is 1.17 bits per heavy atom. The highest BCUT2D eigenvalue weighted by molar-refractivity contribution is 5.45. The lowest BCUT2D eigenvalue weighted by molar-refractivity contribution is 0.181. The molecule has 0 bridgehead atoms. The molecule has 4 rings (SSSR count). The highest BCUT2D eigenvalue weighted by Gasteiger charge is 2.25. The quantitative estimate of drug-likeness (QED) is 0.719. The van der Waals surface area contributed by atoms with Crippen molar-refractivity contribution in [3.63, 3.8) is 0 Å². The number of piperidine rings is 1. The van der Waals surface area contributed by atoms with E-state index in [1.165, 1.54) is 0 Å². The standard InChI is InChI=1S/C16H21N7O/c1-21(2)15-4-3-14-18-19-16(23(14)20-15)12-6-9-22(10-7-12)11-13-5-8-17-24-13/h3-5,8,12H,6-7,9-11H2,1-2H3. The Hall–Kier alpha value is -2.48. The van der Waals surface area contributed by atoms with Gasteiger partial charge in [0.15, 0.2) is 17.2 Å². The molecule has 0 N–H and O–H groups in total. The smallest absolute Gasteiger partial charge is 0.178 e. The highest BCUT2D eigenvalue weighted by Crippen LogP contribution is 2.27. The molecule has 3 aromatic heterocycles. The van der Waals surface area contributed by atoms with Gasteiger partial charge in [-0.15, -0.1) is 15.3 Å². The van der Waals surface area contributed by atoms with Crippen molar-refractivity contribution in [2.75, 3.05) is 32.1 Å². The molecule has 1 aliphatic rings. The minimum absolute atomic E-state index is 0.385. The van der Waals surface area contributed by atoms with Crippen molar-refractivity contribution in [1.82, 2.24) is 29.9 Å². The Balaban J connectivity index is 1.49. The molecule has 0 radical (unpaired) electrons. The second-order valence-corrected chi connectivity index (χ2v) is 6.44. The molecule has 4 heterocycles. The molecule has 24 heavy (non-hydrogen) atoms. The van der Waals surface area contributed by atoms with Crippen molar-refractivity contribution in [2.24, 2.45) is 0 Å². The molecule has 8 heteroatoms. The second-order valence-electron chi connectivity index (χ2n) is 6.44. The molecule has 0 atom stereocenters. The summed E-state index contributed by atoms with van der Waals surface area (Å²) in [7, 11) is 3.97. The monoisotopic (exact) mass is 327 g/mol. The molecule has 1 aliphatic heterocycles. The fraction of sp³-hybridized carbons (Fsp3) is 0.500. The number of aromatic nitrogens is 5. The van der Waals surface area contributed by atoms with E-state index in [4.69, 9.17) is 4.52 Å². The van der Waals surface area contributed by atoms with Crippen LogP contribution in [0.15, 0.2) is 28.9 Å². The number of nitrogens with zero attached hydrogens (tertiary/aromatic N) is 7. The van der Waals surface area contributed by atoms with Crippen molar-refractivity contribution in [3.8, 4) is 0 Å². The van der Waals surface area contributed by atoms with Gasteiger partial charge in [0.2, 0.25) is 0 Å². The number of hydrogen-bond donors (Lipinski definition) is 0. The molecular formula is C16H21N7O. The van der Waals surface area contributed by atoms with Gasteiger partial charge >= 0.3 is 0 Å². The van der Waals surface area contributed by atoms with Crippen LogP contribution < -0.4 is 4.90 Å². The molecule has 0 saturated carbocycles. The molecule has 126 valence electrons. The van der Waals surface area contributed by atoms with Gasteiger partial charge < -0.3 is 9.42 Å². The SMILES string of the molecule is CN(C)c1ccc2nnc(C3CCN(Cc4ccno4)CC3)n2n1. The zero-order valence-electron chi connectivity index (χ0n) is 14.0. The van der Waals surface area contributed by atoms with E-state index < -0.39 is 0 Å². The summed E-state index contributed by atoms with van der Waals surface area (Å²) in [4.78, 5) is 4.38. The first-order chi connectivity index (χ1) is 11.7. The summed E-state index contributed by atoms with van der Waals surface area (Å²) in [5.41, 5.74) is 0.805. The average Bonchev–Trinajstić information content (AvgIpc) is 3.24. The Morgan fingerprint density at radius 2 is 2.00 bits per heavy atom. The molecule has 1 saturated heterocycles. The molecule has 0 aliphatic carbocycles. The summed E-state index contributed by atoms with van der Waals surface area (Å²) in [6.07, 6.45) is 3.78. The van der Waals surface area contributed by atoms with Gasteiger partial charge in [-0.05, 0) is 38.1 Å². The van der Waals surface area contributed by atoms with E-state index in [0.717, 1.165) is 55.5 Å². The summed E-state index contributed by atoms with van der Waals surface area (Å²) in [5, 5.41) is 17.1. The predicted octanol–water partition coefficient (Wildman–Crippen LogP) is 1.56. The van der Waals surface area contributed by atoms with E-state index in [0.29, 0.717) is 5.92 Å². The van der Waals surface area contributed by atoms with E-state index in [-0.39, 0.29) is 0 Å². The van der Waals surface area contributed by atoms with Gasteiger partial charge in [0.25, 0.3) is 0 Å². The molecule has 0 unspecified atom stereocenters. The minimum Gasteiger partial charge on any atom is -0.361 e. The van der Waals surface area contributed by atoms with E-state index in [2.05, 4.69) is 25.4 Å². The average molecular weight is 327 g/mol. The number of hydrogen-bond acceptors (Lipinski definition) is 7. The first kappa shape index (κ1) is 15.1. The van der Waals surface area contributed by atoms with Crippen LogP contribution in [-0.4, -0.2) is 57.1 Å². The first-order valence-electron chi connectivity index (χ1n) is 8.22. The Labute approximate surface area is 140 Å². The van der Waals surface area contributed by atoms with E-state index in [1.807, 2.05) is 41.7 Å². The molecule has 3 aromatic rings. The van der Waals surface area contributed by atoms with Gasteiger partial charge in [-0.3, -0.25) is 4.90 Å². The van der Waals surface area contributed by atoms with Gasteiger partial charge in [-0.2, -0.15) is 4.52 Å². The third-order valence-electron chi connectivity index (χ3n) is 4.55. The van der Waals surface area contributed by atoms with Crippen LogP contribution in [0.1, 0.15) is 30.3 Å². The third-order valence-corrected chi connectivity index (χ3v) is 4.55. The second kappa shape index (κ2) is 6.20. The number of likely N-dealkylation sites (tertiary alicyclic amines) is 1. The van der Waals surface area contributed by atoms with Crippen LogP contribution in [0.5, 0.6) is 0 Å². The van der Waals surface area contributed by atoms with Crippen molar-refractivity contribution < 1.29 is 4.52 Å². The maximum Gasteiger partial charge on any atom is 0.178 e. The van der Waals surface area contributed by atoms with Crippen LogP contribution in [0.3, 0.4) is 0 Å². The van der Waals surface area contributed by atoms with Gasteiger partial charge in [-0.1, -0.05) is 5.16 Å². The van der Waals surface area contributed by atoms with Crippen LogP contribution in [-0.2, 0) is 6.54 Å². The zero-order valence-corrected chi connectivity index (χ0v) is 14.0. The molecule has 0 spiro atoms. The third kappa shape index (κ3) is 2.84. The van der Waals surface area contributed by atoms with Crippen LogP contribution in [0.4, 0.5) is 5.82 Å². The van der Waals surface area contributed by atoms with Crippen molar-refractivity contribution in [1.29, 1.82) is 0 Å². The van der Waals surface area contributed by atoms with Gasteiger partial charge in [0, 0.05) is 26.1 Å². The van der Waals surface area contributed by atoms with Crippen LogP contribution in [0.25, 0.3) is 5.65 Å². The van der Waals surface area contributed by atoms with Crippen LogP contribution in [0, 0.1) is 0 Å². The number of anilines is 1. The maximum absolute atomic E-state index is 5.20. The predicted molar refractivity (Wildman–Crippen MR) is 88.9 cm³/mol. The lowest BCUT2D eigenvalue weighted by atomic mass is 9.96. The topological polar surface area (TPSA) is 75.6 Å². The van der Waals surface area contributed by atoms with Gasteiger partial charge in [0.1, 0.15) is 5.82 Å². The molecular weight excluding hydrogens is 306 g/mol. The molecule has 1 fully saturated rings. The Kier molecular flexibility index (Phi) is 3.89. The van der Waals surface area contributed by atoms with Crippen molar-refractivity contribution >= 4 is 11.5 Å². The minimum atomic E-state index is 0.385. The van der Waals surface area contributed by atoms with Crippen LogP contribution >= 0.6 is 0 Å². The van der Waals surface area contributed by atoms with E-state index >= 15 is 0 Å².